The number of nitrogens with zero attached hydrogens (tertiary/aromatic N) is 1. The summed E-state index contributed by atoms with van der Waals surface area (Å²) >= 11 is 5.97. The van der Waals surface area contributed by atoms with Crippen LogP contribution in [0.3, 0.4) is 0 Å². The standard InChI is InChI=1S/C19H19ClN2O6/c1-2-9-28-14-6-3-12(4-7-14)17(11-18(23)24)21-19(25)15-10-13(22(26)27)5-8-16(15)20/h3-8,10,17H,2,9,11H2,1H3,(H,21,25)(H,23,24)/p-1/t17-/m0/s1. The summed E-state index contributed by atoms with van der Waals surface area (Å²) in [6.07, 6.45) is 0.364. The number of carbonyl (C=O) groups excluding carboxylic acids is 2. The van der Waals surface area contributed by atoms with Crippen LogP contribution in [0.1, 0.15) is 41.7 Å². The lowest BCUT2D eigenvalue weighted by Crippen LogP contribution is -2.34. The molecule has 2 aromatic rings. The summed E-state index contributed by atoms with van der Waals surface area (Å²) in [6, 6.07) is 9.14. The zero-order valence-electron chi connectivity index (χ0n) is 15.0. The largest absolute Gasteiger partial charge is 0.550 e. The molecule has 0 bridgehead atoms. The summed E-state index contributed by atoms with van der Waals surface area (Å²) in [6.45, 7) is 2.52. The number of carboxylic acid groups (broad SMARTS) is 1. The third-order valence-corrected chi connectivity index (χ3v) is 4.17. The average Bonchev–Trinajstić information content (AvgIpc) is 2.66. The lowest BCUT2D eigenvalue weighted by molar-refractivity contribution is -0.384. The van der Waals surface area contributed by atoms with Crippen molar-refractivity contribution < 1.29 is 24.4 Å². The van der Waals surface area contributed by atoms with Crippen molar-refractivity contribution in [2.24, 2.45) is 0 Å². The Morgan fingerprint density at radius 1 is 1.21 bits per heavy atom. The molecule has 0 aliphatic carbocycles. The van der Waals surface area contributed by atoms with Crippen LogP contribution in [0.5, 0.6) is 5.75 Å². The Morgan fingerprint density at radius 2 is 1.89 bits per heavy atom. The summed E-state index contributed by atoms with van der Waals surface area (Å²) < 4.78 is 5.48. The highest BCUT2D eigenvalue weighted by Gasteiger charge is 2.20. The molecule has 0 aliphatic rings. The van der Waals surface area contributed by atoms with Crippen molar-refractivity contribution in [1.29, 1.82) is 0 Å². The fourth-order valence-corrected chi connectivity index (χ4v) is 2.68. The van der Waals surface area contributed by atoms with Gasteiger partial charge in [-0.3, -0.25) is 14.9 Å². The average molecular weight is 406 g/mol. The number of nitrogens with one attached hydrogen (secondary N) is 1. The number of carboxylic acids is 1. The van der Waals surface area contributed by atoms with Crippen molar-refractivity contribution in [2.45, 2.75) is 25.8 Å². The van der Waals surface area contributed by atoms with Gasteiger partial charge in [0.25, 0.3) is 11.6 Å². The van der Waals surface area contributed by atoms with Crippen molar-refractivity contribution in [2.75, 3.05) is 6.61 Å². The van der Waals surface area contributed by atoms with Crippen LogP contribution in [0, 0.1) is 10.1 Å². The monoisotopic (exact) mass is 405 g/mol. The van der Waals surface area contributed by atoms with Gasteiger partial charge in [-0.15, -0.1) is 0 Å². The van der Waals surface area contributed by atoms with Crippen LogP contribution in [0.2, 0.25) is 5.02 Å². The third-order valence-electron chi connectivity index (χ3n) is 3.84. The van der Waals surface area contributed by atoms with Crippen LogP contribution in [0.25, 0.3) is 0 Å². The van der Waals surface area contributed by atoms with Crippen LogP contribution < -0.4 is 15.2 Å². The molecule has 1 amide bonds. The number of ether oxygens (including phenoxy) is 1. The predicted molar refractivity (Wildman–Crippen MR) is 100 cm³/mol. The van der Waals surface area contributed by atoms with Gasteiger partial charge in [0.1, 0.15) is 5.75 Å². The summed E-state index contributed by atoms with van der Waals surface area (Å²) in [4.78, 5) is 33.9. The molecule has 8 nitrogen and oxygen atoms in total. The van der Waals surface area contributed by atoms with E-state index in [4.69, 9.17) is 16.3 Å². The number of hydrogen-bond donors (Lipinski definition) is 1. The number of rotatable bonds is 9. The predicted octanol–water partition coefficient (Wildman–Crippen LogP) is 2.65. The SMILES string of the molecule is CCCOc1ccc([C@H](CC(=O)[O-])NC(=O)c2cc([N+](=O)[O-])ccc2Cl)cc1. The first-order valence-electron chi connectivity index (χ1n) is 8.49. The van der Waals surface area contributed by atoms with E-state index in [-0.39, 0.29) is 16.3 Å². The minimum atomic E-state index is -1.36. The molecule has 1 atom stereocenters. The molecule has 148 valence electrons. The third kappa shape index (κ3) is 5.68. The van der Waals surface area contributed by atoms with Gasteiger partial charge in [-0.2, -0.15) is 0 Å². The van der Waals surface area contributed by atoms with Crippen molar-refractivity contribution >= 4 is 29.2 Å². The Hall–Kier alpha value is -3.13. The van der Waals surface area contributed by atoms with E-state index in [1.165, 1.54) is 12.1 Å². The number of nitro groups is 1. The Morgan fingerprint density at radius 3 is 2.46 bits per heavy atom. The number of aliphatic carboxylic acids is 1. The number of benzene rings is 2. The van der Waals surface area contributed by atoms with E-state index in [1.54, 1.807) is 24.3 Å². The van der Waals surface area contributed by atoms with Crippen LogP contribution in [0.4, 0.5) is 5.69 Å². The van der Waals surface area contributed by atoms with Crippen LogP contribution >= 0.6 is 11.6 Å². The van der Waals surface area contributed by atoms with E-state index < -0.39 is 29.3 Å². The molecule has 0 aromatic heterocycles. The highest BCUT2D eigenvalue weighted by molar-refractivity contribution is 6.34. The molecular weight excluding hydrogens is 388 g/mol. The quantitative estimate of drug-likeness (QED) is 0.505. The fraction of sp³-hybridized carbons (Fsp3) is 0.263. The number of non-ortho nitro benzene ring substituents is 1. The molecular formula is C19H18ClN2O6-. The number of halogens is 1. The second-order valence-corrected chi connectivity index (χ2v) is 6.35. The Labute approximate surface area is 166 Å². The smallest absolute Gasteiger partial charge is 0.270 e. The van der Waals surface area contributed by atoms with Gasteiger partial charge in [-0.25, -0.2) is 0 Å². The summed E-state index contributed by atoms with van der Waals surface area (Å²) in [5, 5.41) is 24.6. The second-order valence-electron chi connectivity index (χ2n) is 5.94. The molecule has 1 N–H and O–H groups in total. The van der Waals surface area contributed by atoms with Crippen molar-refractivity contribution in [3.05, 3.63) is 68.7 Å². The van der Waals surface area contributed by atoms with E-state index in [2.05, 4.69) is 5.32 Å². The fourth-order valence-electron chi connectivity index (χ4n) is 2.47. The van der Waals surface area contributed by atoms with E-state index in [0.717, 1.165) is 12.5 Å². The number of carbonyl (C=O) groups is 2. The van der Waals surface area contributed by atoms with Gasteiger partial charge in [0, 0.05) is 24.5 Å². The van der Waals surface area contributed by atoms with Crippen LogP contribution in [0.15, 0.2) is 42.5 Å². The lowest BCUT2D eigenvalue weighted by atomic mass is 10.0. The lowest BCUT2D eigenvalue weighted by Gasteiger charge is -2.20. The van der Waals surface area contributed by atoms with Crippen molar-refractivity contribution in [3.8, 4) is 5.75 Å². The van der Waals surface area contributed by atoms with Gasteiger partial charge in [-0.1, -0.05) is 30.7 Å². The number of amides is 1. The Balaban J connectivity index is 2.24. The first-order valence-corrected chi connectivity index (χ1v) is 8.87. The summed E-state index contributed by atoms with van der Waals surface area (Å²) in [7, 11) is 0. The van der Waals surface area contributed by atoms with Gasteiger partial charge in [0.15, 0.2) is 0 Å². The Kier molecular flexibility index (Phi) is 7.34. The molecule has 2 rings (SSSR count). The zero-order valence-corrected chi connectivity index (χ0v) is 15.8. The van der Waals surface area contributed by atoms with Crippen molar-refractivity contribution in [3.63, 3.8) is 0 Å². The highest BCUT2D eigenvalue weighted by Crippen LogP contribution is 2.25. The summed E-state index contributed by atoms with van der Waals surface area (Å²) in [5.41, 5.74) is 0.0912. The minimum Gasteiger partial charge on any atom is -0.550 e. The van der Waals surface area contributed by atoms with Gasteiger partial charge in [-0.05, 0) is 30.2 Å². The molecule has 0 aliphatic heterocycles. The van der Waals surface area contributed by atoms with Gasteiger partial charge in [0.05, 0.1) is 28.2 Å². The maximum atomic E-state index is 12.6. The Bertz CT molecular complexity index is 869. The molecule has 0 radical (unpaired) electrons. The second kappa shape index (κ2) is 9.70. The zero-order chi connectivity index (χ0) is 20.7. The first-order chi connectivity index (χ1) is 13.3. The molecule has 2 aromatic carbocycles. The molecule has 9 heteroatoms. The molecule has 0 heterocycles. The topological polar surface area (TPSA) is 122 Å². The van der Waals surface area contributed by atoms with Crippen LogP contribution in [-0.4, -0.2) is 23.4 Å². The number of nitro benzene ring substituents is 1. The van der Waals surface area contributed by atoms with E-state index >= 15 is 0 Å². The van der Waals surface area contributed by atoms with Crippen LogP contribution in [-0.2, 0) is 4.79 Å². The maximum Gasteiger partial charge on any atom is 0.270 e. The van der Waals surface area contributed by atoms with Gasteiger partial charge in [0.2, 0.25) is 0 Å². The normalized spacial score (nSPS) is 11.5. The van der Waals surface area contributed by atoms with E-state index in [1.807, 2.05) is 6.92 Å². The molecule has 0 saturated heterocycles. The van der Waals surface area contributed by atoms with Gasteiger partial charge >= 0.3 is 0 Å². The summed E-state index contributed by atoms with van der Waals surface area (Å²) in [5.74, 6) is -1.47. The van der Waals surface area contributed by atoms with E-state index in [9.17, 15) is 24.8 Å². The molecule has 0 unspecified atom stereocenters. The van der Waals surface area contributed by atoms with E-state index in [0.29, 0.717) is 17.9 Å². The van der Waals surface area contributed by atoms with Crippen molar-refractivity contribution in [1.82, 2.24) is 5.32 Å². The molecule has 28 heavy (non-hydrogen) atoms. The minimum absolute atomic E-state index is 0.0126. The molecule has 0 spiro atoms. The molecule has 0 fully saturated rings. The number of hydrogen-bond acceptors (Lipinski definition) is 6. The molecule has 0 saturated carbocycles. The highest BCUT2D eigenvalue weighted by atomic mass is 35.5. The first kappa shape index (κ1) is 21.2. The maximum absolute atomic E-state index is 12.6. The van der Waals surface area contributed by atoms with Gasteiger partial charge < -0.3 is 20.0 Å².